The number of hydrogen-bond donors (Lipinski definition) is 5. The number of allylic oxidation sites excluding steroid dienone is 2. The van der Waals surface area contributed by atoms with Crippen LogP contribution in [0.15, 0.2) is 12.2 Å². The van der Waals surface area contributed by atoms with Crippen LogP contribution in [0.3, 0.4) is 0 Å². The van der Waals surface area contributed by atoms with Gasteiger partial charge < -0.3 is 60.7 Å². The van der Waals surface area contributed by atoms with Crippen LogP contribution in [0, 0.1) is 41.4 Å². The Labute approximate surface area is 521 Å². The zero-order valence-corrected chi connectivity index (χ0v) is 57.3. The van der Waals surface area contributed by atoms with E-state index in [1.54, 1.807) is 34.6 Å². The van der Waals surface area contributed by atoms with E-state index in [2.05, 4.69) is 26.6 Å². The molecule has 0 aromatic carbocycles. The second-order valence-corrected chi connectivity index (χ2v) is 25.9. The largest absolute Gasteiger partial charge is 0.458 e. The Hall–Kier alpha value is -5.84. The van der Waals surface area contributed by atoms with E-state index in [9.17, 15) is 47.9 Å². The van der Waals surface area contributed by atoms with Crippen molar-refractivity contribution < 1.29 is 57.5 Å². The second kappa shape index (κ2) is 37.1. The number of likely N-dealkylation sites (N-methyl/N-ethyl adjacent to an activating group) is 7. The highest BCUT2D eigenvalue weighted by atomic mass is 35.5. The van der Waals surface area contributed by atoms with Crippen molar-refractivity contribution in [3.8, 4) is 0 Å². The van der Waals surface area contributed by atoms with Gasteiger partial charge in [-0.3, -0.25) is 47.9 Å². The highest BCUT2D eigenvalue weighted by Gasteiger charge is 2.44. The van der Waals surface area contributed by atoms with Crippen LogP contribution in [0.1, 0.15) is 156 Å². The van der Waals surface area contributed by atoms with E-state index in [1.165, 1.54) is 87.7 Å². The van der Waals surface area contributed by atoms with E-state index in [4.69, 9.17) is 4.74 Å². The van der Waals surface area contributed by atoms with E-state index < -0.39 is 156 Å². The van der Waals surface area contributed by atoms with Gasteiger partial charge in [-0.25, -0.2) is 4.79 Å². The van der Waals surface area contributed by atoms with Crippen LogP contribution in [0.25, 0.3) is 0 Å². The minimum absolute atomic E-state index is 0. The predicted octanol–water partition coefficient (Wildman–Crippen LogP) is 4.00. The van der Waals surface area contributed by atoms with Crippen molar-refractivity contribution in [3.63, 3.8) is 0 Å². The molecule has 1 saturated heterocycles. The van der Waals surface area contributed by atoms with E-state index in [0.29, 0.717) is 6.42 Å². The molecule has 0 saturated carbocycles. The van der Waals surface area contributed by atoms with Gasteiger partial charge in [0.25, 0.3) is 0 Å². The third-order valence-corrected chi connectivity index (χ3v) is 15.9. The Morgan fingerprint density at radius 2 is 0.953 bits per heavy atom. The van der Waals surface area contributed by atoms with Crippen molar-refractivity contribution >= 4 is 77.4 Å². The summed E-state index contributed by atoms with van der Waals surface area (Å²) in [6.07, 6.45) is 3.69. The predicted molar refractivity (Wildman–Crippen MR) is 336 cm³/mol. The fourth-order valence-electron chi connectivity index (χ4n) is 10.6. The fraction of sp³-hybridized carbons (Fsp3) is 0.790. The Morgan fingerprint density at radius 1 is 0.523 bits per heavy atom. The smallest absolute Gasteiger partial charge is 0.329 e. The number of amides is 10. The van der Waals surface area contributed by atoms with Crippen LogP contribution in [0.4, 0.5) is 0 Å². The fourth-order valence-corrected chi connectivity index (χ4v) is 10.6. The van der Waals surface area contributed by atoms with E-state index in [0.717, 1.165) is 4.90 Å². The molecule has 0 aliphatic carbocycles. The molecule has 1 fully saturated rings. The Kier molecular flexibility index (Phi) is 34.6. The minimum atomic E-state index is -1.23. The van der Waals surface area contributed by atoms with E-state index in [1.807, 2.05) is 81.4 Å². The molecule has 1 rings (SSSR count). The molecule has 0 aromatic heterocycles. The number of carbonyl (C=O) groups is 11. The summed E-state index contributed by atoms with van der Waals surface area (Å²) in [4.78, 5) is 167. The van der Waals surface area contributed by atoms with Gasteiger partial charge in [0.2, 0.25) is 59.1 Å². The third-order valence-electron chi connectivity index (χ3n) is 15.9. The lowest BCUT2D eigenvalue weighted by Gasteiger charge is -2.40. The molecule has 1 heterocycles. The molecular formula is C62H112ClN11O12. The average Bonchev–Trinajstić information content (AvgIpc) is 3.24. The molecule has 23 nitrogen and oxygen atoms in total. The molecule has 12 atom stereocenters. The summed E-state index contributed by atoms with van der Waals surface area (Å²) in [5.74, 6) is -9.18. The van der Waals surface area contributed by atoms with Crippen molar-refractivity contribution in [1.29, 1.82) is 0 Å². The van der Waals surface area contributed by atoms with Crippen molar-refractivity contribution in [1.82, 2.24) is 56.0 Å². The highest BCUT2D eigenvalue weighted by Crippen LogP contribution is 2.25. The monoisotopic (exact) mass is 1240 g/mol. The van der Waals surface area contributed by atoms with Gasteiger partial charge in [-0.15, -0.1) is 12.4 Å². The molecule has 5 N–H and O–H groups in total. The lowest BCUT2D eigenvalue weighted by atomic mass is 9.92. The molecular weight excluding hydrogens is 1130 g/mol. The van der Waals surface area contributed by atoms with Gasteiger partial charge in [0.05, 0.1) is 6.54 Å². The molecule has 1 aliphatic rings. The lowest BCUT2D eigenvalue weighted by Crippen LogP contribution is -2.61. The number of rotatable bonds is 15. The molecule has 86 heavy (non-hydrogen) atoms. The van der Waals surface area contributed by atoms with Crippen LogP contribution in [0.2, 0.25) is 0 Å². The maximum absolute atomic E-state index is 15.0. The quantitative estimate of drug-likeness (QED) is 0.115. The standard InChI is InChI=1S/C62H111N11O12.ClH/c1-25-27-28-40(15)52-50(63-18)56(78)66-43(26-2)58(80)68(19)33-48(74)69(20)44(29-34(3)4)55(77)67-49(38(11)12)61(83)70(21)45(30-35(5)6)54(76)64-41(16)53(75)65-42(17)57(79)71(22)46(31-36(7)8)59(81)72(23)47(32-37(9)10)60(82)73(24)51(39(13)14)62(84)85-52;/h25,27,34-47,49-52,63H,26,28-33H2,1-24H3,(H,64,76)(H,65,75)(H,66,78)(H,67,77);1H/b27-25+;/t40-,41+,42-,43+,44+,45+,46+,47+,49+,50+,51+,52-;/m1./s1. The first-order valence-corrected chi connectivity index (χ1v) is 30.6. The number of nitrogens with one attached hydrogen (secondary N) is 5. The molecule has 494 valence electrons. The molecule has 24 heteroatoms. The summed E-state index contributed by atoms with van der Waals surface area (Å²) in [6.45, 7) is 29.7. The lowest BCUT2D eigenvalue weighted by molar-refractivity contribution is -0.167. The van der Waals surface area contributed by atoms with Crippen molar-refractivity contribution in [2.75, 3.05) is 55.9 Å². The number of nitrogens with zero attached hydrogens (tertiary/aromatic N) is 6. The van der Waals surface area contributed by atoms with Crippen LogP contribution < -0.4 is 26.6 Å². The Bertz CT molecular complexity index is 2320. The average molecular weight is 1240 g/mol. The van der Waals surface area contributed by atoms with Crippen LogP contribution in [-0.2, 0) is 57.5 Å². The molecule has 1 aliphatic heterocycles. The minimum Gasteiger partial charge on any atom is -0.458 e. The van der Waals surface area contributed by atoms with Crippen LogP contribution >= 0.6 is 12.4 Å². The maximum atomic E-state index is 15.0. The van der Waals surface area contributed by atoms with E-state index in [-0.39, 0.29) is 68.2 Å². The van der Waals surface area contributed by atoms with Crippen molar-refractivity contribution in [2.24, 2.45) is 41.4 Å². The van der Waals surface area contributed by atoms with Gasteiger partial charge in [-0.05, 0) is 108 Å². The zero-order chi connectivity index (χ0) is 65.8. The summed E-state index contributed by atoms with van der Waals surface area (Å²) in [6, 6.07) is -11.7. The van der Waals surface area contributed by atoms with Crippen LogP contribution in [-0.4, -0.2) is 217 Å². The summed E-state index contributed by atoms with van der Waals surface area (Å²) in [7, 11) is 10.2. The number of hydrogen-bond acceptors (Lipinski definition) is 13. The molecule has 10 amide bonds. The zero-order valence-electron chi connectivity index (χ0n) is 56.5. The first kappa shape index (κ1) is 80.2. The second-order valence-electron chi connectivity index (χ2n) is 25.9. The molecule has 0 aromatic rings. The number of carbonyl (C=O) groups excluding carboxylic acids is 11. The first-order chi connectivity index (χ1) is 39.3. The Morgan fingerprint density at radius 3 is 1.40 bits per heavy atom. The molecule has 0 unspecified atom stereocenters. The van der Waals surface area contributed by atoms with Gasteiger partial charge in [0.1, 0.15) is 66.5 Å². The SMILES string of the molecule is C/C=C/C[C@@H](C)[C@H]1OC(=O)[C@H](C(C)C)N(C)C(=O)[C@H](CC(C)C)N(C)C(=O)[C@H](CC(C)C)N(C)C(=O)[C@@H](C)NC(=O)[C@H](C)NC(=O)[C@H](CC(C)C)N(C)C(=O)[C@H](C(C)C)NC(=O)[C@H](CC(C)C)N(C)C(=O)CN(C)C(=O)[C@H](CC)NC(=O)[C@H]1NC.Cl. The number of halogens is 1. The van der Waals surface area contributed by atoms with Crippen molar-refractivity contribution in [2.45, 2.75) is 223 Å². The number of cyclic esters (lactones) is 1. The summed E-state index contributed by atoms with van der Waals surface area (Å²) in [5, 5.41) is 14.1. The topological polar surface area (TPSA) is 277 Å². The summed E-state index contributed by atoms with van der Waals surface area (Å²) >= 11 is 0. The normalized spacial score (nSPS) is 27.1. The maximum Gasteiger partial charge on any atom is 0.329 e. The molecule has 0 bridgehead atoms. The number of ether oxygens (including phenoxy) is 1. The van der Waals surface area contributed by atoms with Crippen LogP contribution in [0.5, 0.6) is 0 Å². The third kappa shape index (κ3) is 23.0. The van der Waals surface area contributed by atoms with Gasteiger partial charge in [0, 0.05) is 42.3 Å². The summed E-state index contributed by atoms with van der Waals surface area (Å²) in [5.41, 5.74) is 0. The van der Waals surface area contributed by atoms with E-state index >= 15 is 4.79 Å². The first-order valence-electron chi connectivity index (χ1n) is 30.6. The van der Waals surface area contributed by atoms with Gasteiger partial charge in [0.15, 0.2) is 0 Å². The highest BCUT2D eigenvalue weighted by molar-refractivity contribution is 5.98. The summed E-state index contributed by atoms with van der Waals surface area (Å²) < 4.78 is 6.35. The Balaban J connectivity index is 0.0000722. The molecule has 0 radical (unpaired) electrons. The molecule has 0 spiro atoms. The van der Waals surface area contributed by atoms with Gasteiger partial charge in [-0.2, -0.15) is 0 Å². The van der Waals surface area contributed by atoms with Gasteiger partial charge >= 0.3 is 5.97 Å². The number of esters is 1. The van der Waals surface area contributed by atoms with Gasteiger partial charge in [-0.1, -0.05) is 109 Å². The van der Waals surface area contributed by atoms with Crippen molar-refractivity contribution in [3.05, 3.63) is 12.2 Å².